The van der Waals surface area contributed by atoms with E-state index in [1.54, 1.807) is 36.4 Å². The topological polar surface area (TPSA) is 77.0 Å². The molecule has 32 heavy (non-hydrogen) atoms. The smallest absolute Gasteiger partial charge is 0.416 e. The second-order valence-corrected chi connectivity index (χ2v) is 6.77. The standard InChI is InChI=1S/C23H17F3N2O4/c1-30-19-9-2-5-14-11-18(21(29)27-13-17-8-4-10-31-17)22(32-20(14)19)28-16-7-3-6-15(12-16)23(24,25)26/h2-12H,13H2,1H3,(H,27,29). The van der Waals surface area contributed by atoms with Crippen LogP contribution in [0.2, 0.25) is 0 Å². The Morgan fingerprint density at radius 3 is 2.62 bits per heavy atom. The van der Waals surface area contributed by atoms with Crippen molar-refractivity contribution < 1.29 is 31.5 Å². The first kappa shape index (κ1) is 21.2. The summed E-state index contributed by atoms with van der Waals surface area (Å²) in [6, 6.07) is 14.5. The number of nitrogens with zero attached hydrogens (tertiary/aromatic N) is 1. The second-order valence-electron chi connectivity index (χ2n) is 6.77. The molecule has 0 saturated carbocycles. The summed E-state index contributed by atoms with van der Waals surface area (Å²) in [7, 11) is 1.46. The molecule has 0 aliphatic carbocycles. The van der Waals surface area contributed by atoms with Crippen LogP contribution < -0.4 is 15.6 Å². The van der Waals surface area contributed by atoms with E-state index < -0.39 is 17.6 Å². The molecular weight excluding hydrogens is 425 g/mol. The van der Waals surface area contributed by atoms with Crippen molar-refractivity contribution in [3.8, 4) is 5.75 Å². The Kier molecular flexibility index (Phi) is 5.72. The highest BCUT2D eigenvalue weighted by Crippen LogP contribution is 2.31. The molecule has 1 N–H and O–H groups in total. The van der Waals surface area contributed by atoms with E-state index in [0.717, 1.165) is 12.1 Å². The average molecular weight is 442 g/mol. The van der Waals surface area contributed by atoms with Crippen LogP contribution in [0, 0.1) is 0 Å². The maximum atomic E-state index is 13.1. The zero-order chi connectivity index (χ0) is 22.7. The molecule has 0 aliphatic rings. The number of carbonyl (C=O) groups excluding carboxylic acids is 1. The molecule has 4 aromatic rings. The summed E-state index contributed by atoms with van der Waals surface area (Å²) in [4.78, 5) is 17.1. The number of amides is 1. The molecule has 0 aliphatic heterocycles. The maximum Gasteiger partial charge on any atom is 0.416 e. The minimum Gasteiger partial charge on any atom is -0.493 e. The minimum atomic E-state index is -4.53. The van der Waals surface area contributed by atoms with Gasteiger partial charge in [0.15, 0.2) is 11.3 Å². The Bertz CT molecular complexity index is 1330. The molecule has 2 aromatic carbocycles. The average Bonchev–Trinajstić information content (AvgIpc) is 3.30. The molecule has 6 nitrogen and oxygen atoms in total. The van der Waals surface area contributed by atoms with Crippen LogP contribution in [-0.2, 0) is 12.7 Å². The molecule has 0 radical (unpaired) electrons. The van der Waals surface area contributed by atoms with Crippen molar-refractivity contribution in [3.05, 3.63) is 89.4 Å². The normalized spacial score (nSPS) is 12.2. The van der Waals surface area contributed by atoms with Gasteiger partial charge in [-0.3, -0.25) is 4.79 Å². The van der Waals surface area contributed by atoms with Crippen molar-refractivity contribution in [3.63, 3.8) is 0 Å². The van der Waals surface area contributed by atoms with E-state index in [9.17, 15) is 18.0 Å². The van der Waals surface area contributed by atoms with Gasteiger partial charge in [0.2, 0.25) is 5.55 Å². The van der Waals surface area contributed by atoms with E-state index in [4.69, 9.17) is 13.6 Å². The van der Waals surface area contributed by atoms with Gasteiger partial charge in [0, 0.05) is 5.39 Å². The van der Waals surface area contributed by atoms with Crippen LogP contribution in [-0.4, -0.2) is 13.0 Å². The molecule has 0 atom stereocenters. The van der Waals surface area contributed by atoms with Crippen molar-refractivity contribution in [2.45, 2.75) is 12.7 Å². The molecule has 2 aromatic heterocycles. The van der Waals surface area contributed by atoms with Crippen LogP contribution in [0.3, 0.4) is 0 Å². The number of furan rings is 1. The van der Waals surface area contributed by atoms with Gasteiger partial charge >= 0.3 is 6.18 Å². The Hall–Kier alpha value is -4.01. The summed E-state index contributed by atoms with van der Waals surface area (Å²) < 4.78 is 55.7. The summed E-state index contributed by atoms with van der Waals surface area (Å²) in [5, 5.41) is 3.26. The van der Waals surface area contributed by atoms with E-state index in [1.165, 1.54) is 25.5 Å². The number of benzene rings is 2. The Morgan fingerprint density at radius 2 is 1.91 bits per heavy atom. The highest BCUT2D eigenvalue weighted by atomic mass is 19.4. The summed E-state index contributed by atoms with van der Waals surface area (Å²) in [6.45, 7) is 0.116. The first-order chi connectivity index (χ1) is 15.3. The largest absolute Gasteiger partial charge is 0.493 e. The number of alkyl halides is 3. The third-order valence-electron chi connectivity index (χ3n) is 4.61. The van der Waals surface area contributed by atoms with Crippen LogP contribution in [0.4, 0.5) is 18.9 Å². The number of fused-ring (bicyclic) bond motifs is 1. The molecule has 1 amide bonds. The van der Waals surface area contributed by atoms with E-state index in [1.807, 2.05) is 0 Å². The lowest BCUT2D eigenvalue weighted by Crippen LogP contribution is -2.28. The van der Waals surface area contributed by atoms with Crippen molar-refractivity contribution in [2.24, 2.45) is 4.99 Å². The van der Waals surface area contributed by atoms with Crippen LogP contribution in [0.25, 0.3) is 11.0 Å². The molecule has 0 saturated heterocycles. The van der Waals surface area contributed by atoms with Crippen LogP contribution >= 0.6 is 0 Å². The molecule has 0 unspecified atom stereocenters. The number of hydrogen-bond donors (Lipinski definition) is 1. The molecule has 0 spiro atoms. The molecule has 2 heterocycles. The number of halogens is 3. The summed E-state index contributed by atoms with van der Waals surface area (Å²) in [6.07, 6.45) is -3.05. The van der Waals surface area contributed by atoms with Gasteiger partial charge in [0.05, 0.1) is 31.2 Å². The lowest BCUT2D eigenvalue weighted by Gasteiger charge is -2.09. The SMILES string of the molecule is COc1cccc2cc(C(=O)NCc3ccco3)c(=Nc3cccc(C(F)(F)F)c3)oc12. The fourth-order valence-electron chi connectivity index (χ4n) is 3.08. The number of carbonyl (C=O) groups is 1. The number of para-hydroxylation sites is 1. The number of rotatable bonds is 5. The number of ether oxygens (including phenoxy) is 1. The lowest BCUT2D eigenvalue weighted by atomic mass is 10.1. The zero-order valence-electron chi connectivity index (χ0n) is 16.8. The van der Waals surface area contributed by atoms with Gasteiger partial charge in [0.25, 0.3) is 5.91 Å². The predicted molar refractivity (Wildman–Crippen MR) is 109 cm³/mol. The Balaban J connectivity index is 1.84. The van der Waals surface area contributed by atoms with Crippen molar-refractivity contribution >= 4 is 22.6 Å². The minimum absolute atomic E-state index is 0.0158. The zero-order valence-corrected chi connectivity index (χ0v) is 16.8. The van der Waals surface area contributed by atoms with Gasteiger partial charge in [-0.25, -0.2) is 4.99 Å². The molecule has 0 bridgehead atoms. The fourth-order valence-corrected chi connectivity index (χ4v) is 3.08. The van der Waals surface area contributed by atoms with Gasteiger partial charge in [-0.1, -0.05) is 18.2 Å². The van der Waals surface area contributed by atoms with Gasteiger partial charge in [-0.05, 0) is 42.5 Å². The van der Waals surface area contributed by atoms with Crippen LogP contribution in [0.1, 0.15) is 21.7 Å². The molecule has 0 fully saturated rings. The number of nitrogens with one attached hydrogen (secondary N) is 1. The van der Waals surface area contributed by atoms with Crippen molar-refractivity contribution in [2.75, 3.05) is 7.11 Å². The first-order valence-corrected chi connectivity index (χ1v) is 9.48. The third-order valence-corrected chi connectivity index (χ3v) is 4.61. The van der Waals surface area contributed by atoms with Crippen LogP contribution in [0.5, 0.6) is 5.75 Å². The molecule has 164 valence electrons. The highest BCUT2D eigenvalue weighted by Gasteiger charge is 2.30. The summed E-state index contributed by atoms with van der Waals surface area (Å²) >= 11 is 0. The molecule has 4 rings (SSSR count). The Morgan fingerprint density at radius 1 is 1.09 bits per heavy atom. The second kappa shape index (κ2) is 8.62. The van der Waals surface area contributed by atoms with Gasteiger partial charge < -0.3 is 18.9 Å². The molecular formula is C23H17F3N2O4. The van der Waals surface area contributed by atoms with Gasteiger partial charge in [-0.15, -0.1) is 0 Å². The first-order valence-electron chi connectivity index (χ1n) is 9.48. The van der Waals surface area contributed by atoms with Crippen molar-refractivity contribution in [1.82, 2.24) is 5.32 Å². The number of methoxy groups -OCH3 is 1. The summed E-state index contributed by atoms with van der Waals surface area (Å²) in [5.41, 5.74) is -0.671. The fraction of sp³-hybridized carbons (Fsp3) is 0.130. The molecule has 9 heteroatoms. The predicted octanol–water partition coefficient (Wildman–Crippen LogP) is 5.22. The van der Waals surface area contributed by atoms with Gasteiger partial charge in [0.1, 0.15) is 11.3 Å². The van der Waals surface area contributed by atoms with E-state index >= 15 is 0 Å². The maximum absolute atomic E-state index is 13.1. The monoisotopic (exact) mass is 442 g/mol. The third kappa shape index (κ3) is 4.51. The van der Waals surface area contributed by atoms with E-state index in [0.29, 0.717) is 22.5 Å². The number of hydrogen-bond acceptors (Lipinski definition) is 5. The van der Waals surface area contributed by atoms with E-state index in [-0.39, 0.29) is 23.3 Å². The highest BCUT2D eigenvalue weighted by molar-refractivity contribution is 5.97. The van der Waals surface area contributed by atoms with E-state index in [2.05, 4.69) is 10.3 Å². The van der Waals surface area contributed by atoms with Gasteiger partial charge in [-0.2, -0.15) is 13.2 Å². The van der Waals surface area contributed by atoms with Crippen molar-refractivity contribution in [1.29, 1.82) is 0 Å². The quantitative estimate of drug-likeness (QED) is 0.460. The van der Waals surface area contributed by atoms with Crippen LogP contribution in [0.15, 0.2) is 80.8 Å². The lowest BCUT2D eigenvalue weighted by molar-refractivity contribution is -0.137. The Labute approximate surface area is 180 Å². The summed E-state index contributed by atoms with van der Waals surface area (Å²) in [5.74, 6) is 0.403.